The van der Waals surface area contributed by atoms with Gasteiger partial charge in [0.2, 0.25) is 0 Å². The summed E-state index contributed by atoms with van der Waals surface area (Å²) in [4.78, 5) is 0. The molecule has 0 aromatic heterocycles. The molecule has 0 spiro atoms. The second-order valence-electron chi connectivity index (χ2n) is 4.02. The first-order valence-electron chi connectivity index (χ1n) is 5.41. The fourth-order valence-electron chi connectivity index (χ4n) is 1.58. The minimum Gasteiger partial charge on any atom is -0.394 e. The molecule has 0 radical (unpaired) electrons. The van der Waals surface area contributed by atoms with Gasteiger partial charge in [-0.25, -0.2) is 4.39 Å². The zero-order valence-electron chi connectivity index (χ0n) is 8.84. The third-order valence-electron chi connectivity index (χ3n) is 2.65. The van der Waals surface area contributed by atoms with Gasteiger partial charge in [0, 0.05) is 5.56 Å². The first-order chi connectivity index (χ1) is 7.72. The van der Waals surface area contributed by atoms with E-state index in [1.54, 1.807) is 12.1 Å². The van der Waals surface area contributed by atoms with Crippen LogP contribution >= 0.6 is 0 Å². The van der Waals surface area contributed by atoms with E-state index in [4.69, 9.17) is 9.84 Å². The van der Waals surface area contributed by atoms with E-state index in [1.807, 2.05) is 0 Å². The highest BCUT2D eigenvalue weighted by molar-refractivity contribution is 5.20. The topological polar surface area (TPSA) is 49.7 Å². The first-order valence-corrected chi connectivity index (χ1v) is 5.41. The standard InChI is InChI=1S/C12H15FO3/c13-10-4-2-1-3-9(10)12(15)11(7-14)16-8-5-6-8/h1-4,8,11-12,14-15H,5-7H2. The predicted octanol–water partition coefficient (Wildman–Crippen LogP) is 1.40. The molecule has 1 fully saturated rings. The third-order valence-corrected chi connectivity index (χ3v) is 2.65. The molecular weight excluding hydrogens is 211 g/mol. The molecule has 0 saturated heterocycles. The van der Waals surface area contributed by atoms with Crippen LogP contribution in [0.2, 0.25) is 0 Å². The molecule has 2 rings (SSSR count). The predicted molar refractivity (Wildman–Crippen MR) is 56.3 cm³/mol. The molecule has 1 aliphatic carbocycles. The summed E-state index contributed by atoms with van der Waals surface area (Å²) in [7, 11) is 0. The number of ether oxygens (including phenoxy) is 1. The lowest BCUT2D eigenvalue weighted by molar-refractivity contribution is -0.0734. The van der Waals surface area contributed by atoms with E-state index in [9.17, 15) is 9.50 Å². The quantitative estimate of drug-likeness (QED) is 0.797. The van der Waals surface area contributed by atoms with E-state index < -0.39 is 18.0 Å². The zero-order chi connectivity index (χ0) is 11.5. The van der Waals surface area contributed by atoms with Crippen molar-refractivity contribution in [3.05, 3.63) is 35.6 Å². The number of benzene rings is 1. The highest BCUT2D eigenvalue weighted by Gasteiger charge is 2.31. The van der Waals surface area contributed by atoms with E-state index in [0.29, 0.717) is 0 Å². The van der Waals surface area contributed by atoms with Gasteiger partial charge < -0.3 is 14.9 Å². The van der Waals surface area contributed by atoms with Gasteiger partial charge in [-0.05, 0) is 18.9 Å². The van der Waals surface area contributed by atoms with Crippen molar-refractivity contribution >= 4 is 0 Å². The first kappa shape index (κ1) is 11.5. The molecular formula is C12H15FO3. The summed E-state index contributed by atoms with van der Waals surface area (Å²) in [5, 5.41) is 19.0. The summed E-state index contributed by atoms with van der Waals surface area (Å²) in [6.07, 6.45) is 0.135. The lowest BCUT2D eigenvalue weighted by Crippen LogP contribution is -2.27. The fourth-order valence-corrected chi connectivity index (χ4v) is 1.58. The Hall–Kier alpha value is -0.970. The van der Waals surface area contributed by atoms with Gasteiger partial charge in [0.15, 0.2) is 0 Å². The Kier molecular flexibility index (Phi) is 3.53. The maximum atomic E-state index is 13.4. The summed E-state index contributed by atoms with van der Waals surface area (Å²) >= 11 is 0. The summed E-state index contributed by atoms with van der Waals surface area (Å²) in [5.41, 5.74) is 0.169. The zero-order valence-corrected chi connectivity index (χ0v) is 8.84. The molecule has 1 aromatic rings. The average Bonchev–Trinajstić information content (AvgIpc) is 3.09. The van der Waals surface area contributed by atoms with Crippen molar-refractivity contribution in [1.29, 1.82) is 0 Å². The normalized spacial score (nSPS) is 19.4. The molecule has 16 heavy (non-hydrogen) atoms. The van der Waals surface area contributed by atoms with Gasteiger partial charge >= 0.3 is 0 Å². The number of hydrogen-bond acceptors (Lipinski definition) is 3. The second-order valence-corrected chi connectivity index (χ2v) is 4.02. The van der Waals surface area contributed by atoms with E-state index in [2.05, 4.69) is 0 Å². The number of halogens is 1. The van der Waals surface area contributed by atoms with Crippen molar-refractivity contribution < 1.29 is 19.3 Å². The van der Waals surface area contributed by atoms with Crippen LogP contribution in [-0.2, 0) is 4.74 Å². The van der Waals surface area contributed by atoms with Crippen molar-refractivity contribution in [1.82, 2.24) is 0 Å². The van der Waals surface area contributed by atoms with Gasteiger partial charge in [0.05, 0.1) is 12.7 Å². The van der Waals surface area contributed by atoms with Crippen LogP contribution < -0.4 is 0 Å². The molecule has 0 amide bonds. The summed E-state index contributed by atoms with van der Waals surface area (Å²) < 4.78 is 18.8. The highest BCUT2D eigenvalue weighted by Crippen LogP contribution is 2.30. The van der Waals surface area contributed by atoms with Crippen molar-refractivity contribution in [2.24, 2.45) is 0 Å². The Morgan fingerprint density at radius 3 is 2.62 bits per heavy atom. The van der Waals surface area contributed by atoms with E-state index in [-0.39, 0.29) is 18.3 Å². The summed E-state index contributed by atoms with van der Waals surface area (Å²) in [5.74, 6) is -0.479. The maximum Gasteiger partial charge on any atom is 0.129 e. The molecule has 0 heterocycles. The van der Waals surface area contributed by atoms with Crippen LogP contribution in [0.25, 0.3) is 0 Å². The number of aliphatic hydroxyl groups excluding tert-OH is 2. The van der Waals surface area contributed by atoms with Crippen molar-refractivity contribution in [3.8, 4) is 0 Å². The van der Waals surface area contributed by atoms with Crippen molar-refractivity contribution in [3.63, 3.8) is 0 Å². The minimum absolute atomic E-state index is 0.110. The van der Waals surface area contributed by atoms with Gasteiger partial charge in [-0.3, -0.25) is 0 Å². The molecule has 1 aliphatic rings. The molecule has 88 valence electrons. The molecule has 2 unspecified atom stereocenters. The second kappa shape index (κ2) is 4.91. The van der Waals surface area contributed by atoms with Crippen LogP contribution in [0, 0.1) is 5.82 Å². The Morgan fingerprint density at radius 2 is 2.06 bits per heavy atom. The highest BCUT2D eigenvalue weighted by atomic mass is 19.1. The molecule has 1 saturated carbocycles. The summed E-state index contributed by atoms with van der Waals surface area (Å²) in [6, 6.07) is 5.98. The van der Waals surface area contributed by atoms with E-state index >= 15 is 0 Å². The SMILES string of the molecule is OCC(OC1CC1)C(O)c1ccccc1F. The minimum atomic E-state index is -1.12. The van der Waals surface area contributed by atoms with Gasteiger partial charge in [-0.2, -0.15) is 0 Å². The molecule has 3 nitrogen and oxygen atoms in total. The fraction of sp³-hybridized carbons (Fsp3) is 0.500. The van der Waals surface area contributed by atoms with Crippen LogP contribution in [0.5, 0.6) is 0 Å². The summed E-state index contributed by atoms with van der Waals surface area (Å²) in [6.45, 7) is -0.313. The lowest BCUT2D eigenvalue weighted by atomic mass is 10.0. The van der Waals surface area contributed by atoms with Crippen LogP contribution in [0.3, 0.4) is 0 Å². The number of rotatable bonds is 5. The van der Waals surface area contributed by atoms with E-state index in [1.165, 1.54) is 12.1 Å². The average molecular weight is 226 g/mol. The Balaban J connectivity index is 2.08. The smallest absolute Gasteiger partial charge is 0.129 e. The Bertz CT molecular complexity index is 352. The monoisotopic (exact) mass is 226 g/mol. The number of hydrogen-bond donors (Lipinski definition) is 2. The molecule has 2 atom stereocenters. The lowest BCUT2D eigenvalue weighted by Gasteiger charge is -2.22. The number of aliphatic hydroxyl groups is 2. The largest absolute Gasteiger partial charge is 0.394 e. The van der Waals surface area contributed by atoms with Crippen molar-refractivity contribution in [2.75, 3.05) is 6.61 Å². The molecule has 0 bridgehead atoms. The van der Waals surface area contributed by atoms with Crippen molar-refractivity contribution in [2.45, 2.75) is 31.2 Å². The van der Waals surface area contributed by atoms with Gasteiger partial charge in [-0.1, -0.05) is 18.2 Å². The maximum absolute atomic E-state index is 13.4. The van der Waals surface area contributed by atoms with Crippen LogP contribution in [0.1, 0.15) is 24.5 Å². The third kappa shape index (κ3) is 2.58. The van der Waals surface area contributed by atoms with Gasteiger partial charge in [0.1, 0.15) is 18.0 Å². The Morgan fingerprint density at radius 1 is 1.38 bits per heavy atom. The molecule has 2 N–H and O–H groups in total. The van der Waals surface area contributed by atoms with Crippen LogP contribution in [-0.4, -0.2) is 29.0 Å². The van der Waals surface area contributed by atoms with Gasteiger partial charge in [0.25, 0.3) is 0 Å². The Labute approximate surface area is 93.5 Å². The molecule has 0 aliphatic heterocycles. The van der Waals surface area contributed by atoms with Gasteiger partial charge in [-0.15, -0.1) is 0 Å². The van der Waals surface area contributed by atoms with Crippen LogP contribution in [0.15, 0.2) is 24.3 Å². The van der Waals surface area contributed by atoms with Crippen LogP contribution in [0.4, 0.5) is 4.39 Å². The molecule has 4 heteroatoms. The van der Waals surface area contributed by atoms with E-state index in [0.717, 1.165) is 12.8 Å². The molecule has 1 aromatic carbocycles.